The van der Waals surface area contributed by atoms with E-state index in [4.69, 9.17) is 5.48 Å². The van der Waals surface area contributed by atoms with Crippen molar-refractivity contribution >= 4 is 5.97 Å². The van der Waals surface area contributed by atoms with Crippen LogP contribution in [0.1, 0.15) is 11.9 Å². The van der Waals surface area contributed by atoms with Gasteiger partial charge in [0.1, 0.15) is 12.1 Å². The lowest BCUT2D eigenvalue weighted by molar-refractivity contribution is -0.148. The van der Waals surface area contributed by atoms with Crippen LogP contribution in [-0.2, 0) is 9.53 Å². The van der Waals surface area contributed by atoms with Crippen molar-refractivity contribution in [1.82, 2.24) is 0 Å². The summed E-state index contributed by atoms with van der Waals surface area (Å²) in [5.74, 6) is -1.53. The molecule has 2 heteroatoms. The fraction of sp³-hybridized carbons (Fsp3) is 0.250. The normalized spacial score (nSPS) is 36.7. The molecule has 0 aromatic carbocycles. The Morgan fingerprint density at radius 3 is 3.33 bits per heavy atom. The number of hydrogen-bond donors (Lipinski definition) is 0. The van der Waals surface area contributed by atoms with E-state index in [-0.39, 0.29) is 0 Å². The summed E-state index contributed by atoms with van der Waals surface area (Å²) in [5, 5.41) is 0. The molecule has 0 atom stereocenters. The second-order valence-corrected chi connectivity index (χ2v) is 0.844. The van der Waals surface area contributed by atoms with Gasteiger partial charge in [-0.2, -0.15) is 0 Å². The Labute approximate surface area is 41.0 Å². The Bertz CT molecular complexity index is 215. The highest BCUT2D eigenvalue weighted by Crippen LogP contribution is 2.13. The van der Waals surface area contributed by atoms with E-state index in [1.165, 1.54) is 0 Å². The Morgan fingerprint density at radius 2 is 3.17 bits per heavy atom. The molecule has 0 spiro atoms. The minimum atomic E-state index is -2.24. The molecule has 0 bridgehead atoms. The molecular formula is C4H4O2. The quantitative estimate of drug-likeness (QED) is 0.402. The van der Waals surface area contributed by atoms with Crippen LogP contribution in [0.4, 0.5) is 0 Å². The lowest BCUT2D eigenvalue weighted by atomic mass is 10.3. The minimum absolute atomic E-state index is 0.502. The predicted molar refractivity (Wildman–Crippen MR) is 19.8 cm³/mol. The van der Waals surface area contributed by atoms with E-state index >= 15 is 0 Å². The molecule has 0 aliphatic carbocycles. The molecule has 1 aliphatic rings. The first-order valence-electron chi connectivity index (χ1n) is 3.36. The third kappa shape index (κ3) is 0.302. The Morgan fingerprint density at radius 1 is 2.33 bits per heavy atom. The fourth-order valence-electron chi connectivity index (χ4n) is 0.190. The van der Waals surface area contributed by atoms with Crippen molar-refractivity contribution < 1.29 is 15.0 Å². The van der Waals surface area contributed by atoms with Gasteiger partial charge in [0, 0.05) is 2.74 Å². The van der Waals surface area contributed by atoms with E-state index in [0.29, 0.717) is 0 Å². The second-order valence-electron chi connectivity index (χ2n) is 0.844. The largest absolute Gasteiger partial charge is 0.431 e. The van der Waals surface area contributed by atoms with Crippen molar-refractivity contribution in [3.63, 3.8) is 0 Å². The molecule has 0 aromatic heterocycles. The molecular weight excluding hydrogens is 80.0 g/mol. The molecule has 0 unspecified atom stereocenters. The van der Waals surface area contributed by atoms with Crippen molar-refractivity contribution in [3.05, 3.63) is 12.3 Å². The molecule has 1 rings (SSSR count). The molecule has 6 heavy (non-hydrogen) atoms. The summed E-state index contributed by atoms with van der Waals surface area (Å²) in [7, 11) is 0. The van der Waals surface area contributed by atoms with Crippen LogP contribution in [0.25, 0.3) is 0 Å². The van der Waals surface area contributed by atoms with Crippen LogP contribution in [0.15, 0.2) is 12.3 Å². The molecule has 1 fully saturated rings. The van der Waals surface area contributed by atoms with Crippen LogP contribution in [-0.4, -0.2) is 5.97 Å². The monoisotopic (exact) mass is 88.0 g/mol. The lowest BCUT2D eigenvalue weighted by Gasteiger charge is -2.12. The molecule has 0 amide bonds. The van der Waals surface area contributed by atoms with E-state index < -0.39 is 24.6 Å². The van der Waals surface area contributed by atoms with Crippen molar-refractivity contribution in [3.8, 4) is 0 Å². The Kier molecular flexibility index (Phi) is 0.151. The fourth-order valence-corrected chi connectivity index (χ4v) is 0.190. The van der Waals surface area contributed by atoms with Gasteiger partial charge in [0.25, 0.3) is 0 Å². The first-order valence-corrected chi connectivity index (χ1v) is 1.36. The second kappa shape index (κ2) is 0.834. The summed E-state index contributed by atoms with van der Waals surface area (Å²) in [4.78, 5) is 10.3. The number of rotatable bonds is 0. The zero-order valence-electron chi connectivity index (χ0n) is 6.82. The summed E-state index contributed by atoms with van der Waals surface area (Å²) in [5.41, 5.74) is 0. The van der Waals surface area contributed by atoms with Crippen molar-refractivity contribution in [2.45, 2.75) is 6.37 Å². The van der Waals surface area contributed by atoms with Gasteiger partial charge >= 0.3 is 5.97 Å². The summed E-state index contributed by atoms with van der Waals surface area (Å²) in [6, 6.07) is 0. The van der Waals surface area contributed by atoms with Gasteiger partial charge in [-0.15, -0.1) is 0 Å². The van der Waals surface area contributed by atoms with E-state index in [0.717, 1.165) is 0 Å². The lowest BCUT2D eigenvalue weighted by Crippen LogP contribution is -2.15. The minimum Gasteiger partial charge on any atom is -0.431 e. The number of cyclic esters (lactones) is 1. The molecule has 1 saturated heterocycles. The molecule has 0 radical (unpaired) electrons. The van der Waals surface area contributed by atoms with Crippen molar-refractivity contribution in [2.75, 3.05) is 0 Å². The molecule has 1 aliphatic heterocycles. The maximum Gasteiger partial charge on any atom is 0.318 e. The molecule has 0 saturated carbocycles. The average molecular weight is 88.1 g/mol. The van der Waals surface area contributed by atoms with Gasteiger partial charge in [0.05, 0.1) is 2.74 Å². The van der Waals surface area contributed by atoms with E-state index in [9.17, 15) is 4.79 Å². The third-order valence-corrected chi connectivity index (χ3v) is 0.410. The van der Waals surface area contributed by atoms with E-state index in [1.807, 2.05) is 0 Å². The zero-order valence-corrected chi connectivity index (χ0v) is 2.82. The van der Waals surface area contributed by atoms with Gasteiger partial charge in [0.2, 0.25) is 0 Å². The van der Waals surface area contributed by atoms with E-state index in [1.54, 1.807) is 0 Å². The van der Waals surface area contributed by atoms with Crippen LogP contribution in [0.2, 0.25) is 0 Å². The molecule has 1 heterocycles. The first-order chi connectivity index (χ1) is 4.46. The van der Waals surface area contributed by atoms with Gasteiger partial charge in [-0.25, -0.2) is 0 Å². The van der Waals surface area contributed by atoms with Crippen molar-refractivity contribution in [2.24, 2.45) is 0 Å². The van der Waals surface area contributed by atoms with Gasteiger partial charge in [-0.3, -0.25) is 4.79 Å². The number of hydrogen-bond acceptors (Lipinski definition) is 2. The van der Waals surface area contributed by atoms with Gasteiger partial charge in [-0.05, 0) is 0 Å². The van der Waals surface area contributed by atoms with Gasteiger partial charge < -0.3 is 4.74 Å². The standard InChI is InChI=1S/C4H4O2/c1-3-2-4(5)6-3/h1-2H2/i1D2,2D2. The first kappa shape index (κ1) is 1.09. The number of ether oxygens (including phenoxy) is 1. The van der Waals surface area contributed by atoms with Crippen LogP contribution < -0.4 is 0 Å². The third-order valence-electron chi connectivity index (χ3n) is 0.410. The van der Waals surface area contributed by atoms with E-state index in [2.05, 4.69) is 4.74 Å². The maximum absolute atomic E-state index is 10.3. The van der Waals surface area contributed by atoms with Crippen molar-refractivity contribution in [1.29, 1.82) is 0 Å². The molecule has 2 nitrogen and oxygen atoms in total. The Balaban J connectivity index is 2.93. The van der Waals surface area contributed by atoms with Crippen LogP contribution in [0.5, 0.6) is 0 Å². The summed E-state index contributed by atoms with van der Waals surface area (Å²) < 4.78 is 31.0. The van der Waals surface area contributed by atoms with Crippen LogP contribution >= 0.6 is 0 Å². The summed E-state index contributed by atoms with van der Waals surface area (Å²) in [6.07, 6.45) is -2.24. The SMILES string of the molecule is [2H]C([2H])=C1OC(=O)C1([2H])[2H]. The summed E-state index contributed by atoms with van der Waals surface area (Å²) in [6.45, 7) is -0.787. The smallest absolute Gasteiger partial charge is 0.318 e. The van der Waals surface area contributed by atoms with Gasteiger partial charge in [-0.1, -0.05) is 6.53 Å². The maximum atomic E-state index is 10.3. The molecule has 0 aromatic rings. The number of esters is 1. The van der Waals surface area contributed by atoms with Crippen LogP contribution in [0, 0.1) is 0 Å². The highest BCUT2D eigenvalue weighted by atomic mass is 16.6. The Hall–Kier alpha value is -0.790. The van der Waals surface area contributed by atoms with Gasteiger partial charge in [0.15, 0.2) is 0 Å². The highest BCUT2D eigenvalue weighted by Gasteiger charge is 2.17. The van der Waals surface area contributed by atoms with Crippen LogP contribution in [0.3, 0.4) is 0 Å². The summed E-state index contributed by atoms with van der Waals surface area (Å²) >= 11 is 0. The number of carbonyl (C=O) groups excluding carboxylic acids is 1. The molecule has 32 valence electrons. The predicted octanol–water partition coefficient (Wildman–Crippen LogP) is 0.447. The zero-order chi connectivity index (χ0) is 7.94. The highest BCUT2D eigenvalue weighted by molar-refractivity contribution is 5.79. The number of carbonyl (C=O) groups is 1. The topological polar surface area (TPSA) is 26.3 Å². The average Bonchev–Trinajstić information content (AvgIpc) is 1.82. The molecule has 0 N–H and O–H groups in total.